The number of carbonyl (C=O) groups is 2. The molecule has 0 bridgehead atoms. The summed E-state index contributed by atoms with van der Waals surface area (Å²) in [6.07, 6.45) is 0.343. The Kier molecular flexibility index (Phi) is 4.90. The summed E-state index contributed by atoms with van der Waals surface area (Å²) in [5.41, 5.74) is 0.122. The number of hydrogen-bond acceptors (Lipinski definition) is 3. The van der Waals surface area contributed by atoms with E-state index in [2.05, 4.69) is 11.9 Å². The topological polar surface area (TPSA) is 58.6 Å². The number of nitrogens with one attached hydrogen (secondary N) is 1. The number of carbonyl (C=O) groups excluding carboxylic acids is 2. The van der Waals surface area contributed by atoms with E-state index in [0.717, 1.165) is 5.57 Å². The molecule has 0 aromatic carbocycles. The fourth-order valence-corrected chi connectivity index (χ4v) is 1.83. The monoisotopic (exact) mass is 254 g/mol. The van der Waals surface area contributed by atoms with Crippen LogP contribution in [0.25, 0.3) is 0 Å². The van der Waals surface area contributed by atoms with E-state index in [0.29, 0.717) is 32.7 Å². The predicted molar refractivity (Wildman–Crippen MR) is 69.1 cm³/mol. The Labute approximate surface area is 108 Å². The van der Waals surface area contributed by atoms with Crippen LogP contribution in [-0.4, -0.2) is 48.6 Å². The molecule has 0 atom stereocenters. The van der Waals surface area contributed by atoms with Crippen molar-refractivity contribution in [1.82, 2.24) is 10.2 Å². The molecule has 1 saturated heterocycles. The molecule has 1 rings (SSSR count). The zero-order valence-corrected chi connectivity index (χ0v) is 11.4. The molecule has 1 heterocycles. The summed E-state index contributed by atoms with van der Waals surface area (Å²) in [5, 5.41) is 2.72. The maximum atomic E-state index is 12.2. The molecule has 1 fully saturated rings. The molecule has 1 aliphatic rings. The van der Waals surface area contributed by atoms with Gasteiger partial charge in [-0.2, -0.15) is 0 Å². The number of hydrogen-bond donors (Lipinski definition) is 1. The first kappa shape index (κ1) is 14.7. The molecule has 18 heavy (non-hydrogen) atoms. The predicted octanol–water partition coefficient (Wildman–Crippen LogP) is 0.706. The number of nitrogens with zero attached hydrogens (tertiary/aromatic N) is 1. The molecule has 0 unspecified atom stereocenters. The van der Waals surface area contributed by atoms with Crippen molar-refractivity contribution in [2.45, 2.75) is 32.7 Å². The van der Waals surface area contributed by atoms with Gasteiger partial charge in [-0.1, -0.05) is 12.2 Å². The van der Waals surface area contributed by atoms with E-state index in [4.69, 9.17) is 4.74 Å². The van der Waals surface area contributed by atoms with Gasteiger partial charge < -0.3 is 15.0 Å². The van der Waals surface area contributed by atoms with Gasteiger partial charge in [-0.25, -0.2) is 0 Å². The molecule has 0 aliphatic carbocycles. The van der Waals surface area contributed by atoms with Crippen LogP contribution in [0.3, 0.4) is 0 Å². The van der Waals surface area contributed by atoms with E-state index >= 15 is 0 Å². The van der Waals surface area contributed by atoms with Crippen molar-refractivity contribution in [3.63, 3.8) is 0 Å². The van der Waals surface area contributed by atoms with Gasteiger partial charge in [0.2, 0.25) is 11.8 Å². The van der Waals surface area contributed by atoms with Crippen LogP contribution in [0.4, 0.5) is 0 Å². The Bertz CT molecular complexity index is 350. The SMILES string of the molecule is C=C(C)COCCN1CCC(=O)NC(C)(C)C1=O. The lowest BCUT2D eigenvalue weighted by Gasteiger charge is -2.28. The zero-order valence-electron chi connectivity index (χ0n) is 11.4. The Morgan fingerprint density at radius 3 is 2.78 bits per heavy atom. The summed E-state index contributed by atoms with van der Waals surface area (Å²) in [6, 6.07) is 0. The van der Waals surface area contributed by atoms with Gasteiger partial charge in [-0.15, -0.1) is 0 Å². The van der Waals surface area contributed by atoms with Crippen molar-refractivity contribution in [2.75, 3.05) is 26.3 Å². The highest BCUT2D eigenvalue weighted by Gasteiger charge is 2.36. The molecule has 0 aromatic heterocycles. The smallest absolute Gasteiger partial charge is 0.247 e. The standard InChI is InChI=1S/C13H22N2O3/c1-10(2)9-18-8-7-15-6-5-11(16)14-13(3,4)12(15)17/h1,5-9H2,2-4H3,(H,14,16). The van der Waals surface area contributed by atoms with E-state index < -0.39 is 5.54 Å². The Morgan fingerprint density at radius 1 is 1.50 bits per heavy atom. The van der Waals surface area contributed by atoms with Gasteiger partial charge in [0.1, 0.15) is 5.54 Å². The highest BCUT2D eigenvalue weighted by molar-refractivity contribution is 5.92. The first-order valence-electron chi connectivity index (χ1n) is 6.15. The largest absolute Gasteiger partial charge is 0.375 e. The Hall–Kier alpha value is -1.36. The third kappa shape index (κ3) is 4.14. The van der Waals surface area contributed by atoms with Crippen molar-refractivity contribution in [2.24, 2.45) is 0 Å². The first-order valence-corrected chi connectivity index (χ1v) is 6.15. The van der Waals surface area contributed by atoms with E-state index in [1.54, 1.807) is 18.7 Å². The Balaban J connectivity index is 2.51. The highest BCUT2D eigenvalue weighted by Crippen LogP contribution is 2.12. The van der Waals surface area contributed by atoms with Crippen LogP contribution in [0.1, 0.15) is 27.2 Å². The molecular formula is C13H22N2O3. The second-order valence-corrected chi connectivity index (χ2v) is 5.23. The van der Waals surface area contributed by atoms with Crippen molar-refractivity contribution in [1.29, 1.82) is 0 Å². The molecule has 5 heteroatoms. The van der Waals surface area contributed by atoms with Crippen LogP contribution in [0.5, 0.6) is 0 Å². The lowest BCUT2D eigenvalue weighted by Crippen LogP contribution is -2.53. The lowest BCUT2D eigenvalue weighted by atomic mass is 10.0. The number of ether oxygens (including phenoxy) is 1. The molecule has 0 radical (unpaired) electrons. The maximum absolute atomic E-state index is 12.2. The van der Waals surface area contributed by atoms with Gasteiger partial charge in [-0.3, -0.25) is 9.59 Å². The average molecular weight is 254 g/mol. The summed E-state index contributed by atoms with van der Waals surface area (Å²) in [4.78, 5) is 25.3. The first-order chi connectivity index (χ1) is 8.33. The third-order valence-corrected chi connectivity index (χ3v) is 2.74. The maximum Gasteiger partial charge on any atom is 0.247 e. The van der Waals surface area contributed by atoms with E-state index in [1.807, 2.05) is 6.92 Å². The van der Waals surface area contributed by atoms with Crippen molar-refractivity contribution in [3.05, 3.63) is 12.2 Å². The third-order valence-electron chi connectivity index (χ3n) is 2.74. The molecule has 5 nitrogen and oxygen atoms in total. The zero-order chi connectivity index (χ0) is 13.8. The van der Waals surface area contributed by atoms with Crippen LogP contribution in [-0.2, 0) is 14.3 Å². The summed E-state index contributed by atoms with van der Waals surface area (Å²) in [6.45, 7) is 11.0. The van der Waals surface area contributed by atoms with Gasteiger partial charge in [0, 0.05) is 19.5 Å². The van der Waals surface area contributed by atoms with Gasteiger partial charge in [0.05, 0.1) is 13.2 Å². The fraction of sp³-hybridized carbons (Fsp3) is 0.692. The molecule has 102 valence electrons. The van der Waals surface area contributed by atoms with Crippen molar-refractivity contribution < 1.29 is 14.3 Å². The van der Waals surface area contributed by atoms with Crippen LogP contribution >= 0.6 is 0 Å². The van der Waals surface area contributed by atoms with E-state index in [-0.39, 0.29) is 11.8 Å². The second kappa shape index (κ2) is 6.00. The average Bonchev–Trinajstić information content (AvgIpc) is 2.34. The lowest BCUT2D eigenvalue weighted by molar-refractivity contribution is -0.137. The quantitative estimate of drug-likeness (QED) is 0.580. The Morgan fingerprint density at radius 2 is 2.17 bits per heavy atom. The number of amides is 2. The highest BCUT2D eigenvalue weighted by atomic mass is 16.5. The molecular weight excluding hydrogens is 232 g/mol. The fourth-order valence-electron chi connectivity index (χ4n) is 1.83. The van der Waals surface area contributed by atoms with Gasteiger partial charge in [0.15, 0.2) is 0 Å². The normalized spacial score (nSPS) is 19.4. The summed E-state index contributed by atoms with van der Waals surface area (Å²) < 4.78 is 5.38. The molecule has 1 N–H and O–H groups in total. The van der Waals surface area contributed by atoms with Crippen LogP contribution in [0, 0.1) is 0 Å². The van der Waals surface area contributed by atoms with Crippen molar-refractivity contribution in [3.8, 4) is 0 Å². The second-order valence-electron chi connectivity index (χ2n) is 5.23. The van der Waals surface area contributed by atoms with E-state index in [9.17, 15) is 9.59 Å². The molecule has 2 amide bonds. The van der Waals surface area contributed by atoms with Gasteiger partial charge >= 0.3 is 0 Å². The molecule has 1 aliphatic heterocycles. The number of rotatable bonds is 5. The summed E-state index contributed by atoms with van der Waals surface area (Å²) in [5.74, 6) is -0.147. The van der Waals surface area contributed by atoms with Crippen LogP contribution in [0.2, 0.25) is 0 Å². The minimum absolute atomic E-state index is 0.0627. The molecule has 0 spiro atoms. The molecule has 0 saturated carbocycles. The molecule has 0 aromatic rings. The minimum atomic E-state index is -0.831. The minimum Gasteiger partial charge on any atom is -0.375 e. The summed E-state index contributed by atoms with van der Waals surface area (Å²) in [7, 11) is 0. The van der Waals surface area contributed by atoms with Gasteiger partial charge in [-0.05, 0) is 20.8 Å². The van der Waals surface area contributed by atoms with Crippen LogP contribution in [0.15, 0.2) is 12.2 Å². The summed E-state index contributed by atoms with van der Waals surface area (Å²) >= 11 is 0. The van der Waals surface area contributed by atoms with Crippen LogP contribution < -0.4 is 5.32 Å². The van der Waals surface area contributed by atoms with Gasteiger partial charge in [0.25, 0.3) is 0 Å². The van der Waals surface area contributed by atoms with E-state index in [1.165, 1.54) is 0 Å². The van der Waals surface area contributed by atoms with Crippen molar-refractivity contribution >= 4 is 11.8 Å².